The minimum Gasteiger partial charge on any atom is -0.481 e. The number of rotatable bonds is 3. The summed E-state index contributed by atoms with van der Waals surface area (Å²) in [4.78, 5) is 14.9. The summed E-state index contributed by atoms with van der Waals surface area (Å²) in [6.45, 7) is 0. The minimum absolute atomic E-state index is 0.216. The molecule has 0 saturated heterocycles. The van der Waals surface area contributed by atoms with E-state index in [2.05, 4.69) is 10.3 Å². The molecule has 0 bridgehead atoms. The molecule has 92 valence electrons. The van der Waals surface area contributed by atoms with E-state index in [9.17, 15) is 4.79 Å². The highest BCUT2D eigenvalue weighted by Crippen LogP contribution is 2.26. The van der Waals surface area contributed by atoms with Gasteiger partial charge in [0, 0.05) is 6.04 Å². The second kappa shape index (κ2) is 5.36. The molecule has 2 rings (SSSR count). The Bertz CT molecular complexity index is 394. The van der Waals surface area contributed by atoms with Gasteiger partial charge in [-0.25, -0.2) is 4.98 Å². The van der Waals surface area contributed by atoms with E-state index in [1.807, 2.05) is 6.07 Å². The summed E-state index contributed by atoms with van der Waals surface area (Å²) < 4.78 is 0. The fraction of sp³-hybridized carbons (Fsp3) is 0.500. The zero-order valence-corrected chi connectivity index (χ0v) is 10.2. The lowest BCUT2D eigenvalue weighted by molar-refractivity contribution is -0.142. The Morgan fingerprint density at radius 3 is 2.94 bits per heavy atom. The van der Waals surface area contributed by atoms with Crippen LogP contribution in [0.4, 0.5) is 5.69 Å². The Kier molecular flexibility index (Phi) is 3.84. The van der Waals surface area contributed by atoms with Gasteiger partial charge in [0.2, 0.25) is 0 Å². The summed E-state index contributed by atoms with van der Waals surface area (Å²) in [5.41, 5.74) is 0.894. The molecule has 2 atom stereocenters. The van der Waals surface area contributed by atoms with Crippen LogP contribution in [-0.2, 0) is 4.79 Å². The van der Waals surface area contributed by atoms with Crippen molar-refractivity contribution in [2.75, 3.05) is 5.32 Å². The Hall–Kier alpha value is -1.29. The third kappa shape index (κ3) is 3.33. The van der Waals surface area contributed by atoms with Crippen LogP contribution in [0.15, 0.2) is 18.3 Å². The van der Waals surface area contributed by atoms with Crippen LogP contribution in [0.5, 0.6) is 0 Å². The molecule has 0 spiro atoms. The van der Waals surface area contributed by atoms with Crippen molar-refractivity contribution in [3.05, 3.63) is 23.5 Å². The summed E-state index contributed by atoms with van der Waals surface area (Å²) in [5, 5.41) is 12.8. The van der Waals surface area contributed by atoms with Gasteiger partial charge in [-0.1, -0.05) is 18.0 Å². The second-order valence-electron chi connectivity index (χ2n) is 4.41. The number of nitrogens with one attached hydrogen (secondary N) is 1. The molecule has 1 aromatic rings. The Morgan fingerprint density at radius 2 is 2.29 bits per heavy atom. The summed E-state index contributed by atoms with van der Waals surface area (Å²) in [6, 6.07) is 3.80. The largest absolute Gasteiger partial charge is 0.481 e. The first-order valence-corrected chi connectivity index (χ1v) is 6.14. The van der Waals surface area contributed by atoms with E-state index in [0.29, 0.717) is 11.6 Å². The van der Waals surface area contributed by atoms with E-state index in [4.69, 9.17) is 16.7 Å². The molecule has 5 heteroatoms. The zero-order chi connectivity index (χ0) is 12.3. The summed E-state index contributed by atoms with van der Waals surface area (Å²) in [6.07, 6.45) is 5.10. The van der Waals surface area contributed by atoms with Crippen molar-refractivity contribution in [2.45, 2.75) is 31.7 Å². The van der Waals surface area contributed by atoms with E-state index in [1.165, 1.54) is 0 Å². The summed E-state index contributed by atoms with van der Waals surface area (Å²) in [7, 11) is 0. The highest BCUT2D eigenvalue weighted by molar-refractivity contribution is 6.29. The van der Waals surface area contributed by atoms with E-state index < -0.39 is 5.97 Å². The average molecular weight is 255 g/mol. The van der Waals surface area contributed by atoms with E-state index in [0.717, 1.165) is 24.9 Å². The number of nitrogens with zero attached hydrogens (tertiary/aromatic N) is 1. The topological polar surface area (TPSA) is 62.2 Å². The molecule has 1 aromatic heterocycles. The molecule has 17 heavy (non-hydrogen) atoms. The summed E-state index contributed by atoms with van der Waals surface area (Å²) in [5.74, 6) is -0.910. The Balaban J connectivity index is 1.94. The molecule has 0 amide bonds. The minimum atomic E-state index is -0.689. The maximum absolute atomic E-state index is 10.9. The third-order valence-electron chi connectivity index (χ3n) is 3.12. The van der Waals surface area contributed by atoms with Gasteiger partial charge >= 0.3 is 5.97 Å². The first-order valence-electron chi connectivity index (χ1n) is 5.76. The number of aromatic nitrogens is 1. The number of halogens is 1. The Labute approximate surface area is 105 Å². The van der Waals surface area contributed by atoms with Crippen molar-refractivity contribution < 1.29 is 9.90 Å². The number of anilines is 1. The normalized spacial score (nSPS) is 24.3. The van der Waals surface area contributed by atoms with E-state index >= 15 is 0 Å². The van der Waals surface area contributed by atoms with Gasteiger partial charge in [0.1, 0.15) is 5.15 Å². The average Bonchev–Trinajstić information content (AvgIpc) is 2.32. The predicted molar refractivity (Wildman–Crippen MR) is 66.3 cm³/mol. The molecule has 1 aliphatic carbocycles. The van der Waals surface area contributed by atoms with Crippen LogP contribution in [0.2, 0.25) is 5.15 Å². The molecule has 1 heterocycles. The highest BCUT2D eigenvalue weighted by Gasteiger charge is 2.26. The van der Waals surface area contributed by atoms with Crippen molar-refractivity contribution in [1.82, 2.24) is 4.98 Å². The van der Waals surface area contributed by atoms with Crippen LogP contribution in [0, 0.1) is 5.92 Å². The molecule has 1 aliphatic rings. The summed E-state index contributed by atoms with van der Waals surface area (Å²) >= 11 is 5.70. The number of carboxylic acid groups (broad SMARTS) is 1. The number of carbonyl (C=O) groups is 1. The van der Waals surface area contributed by atoms with Gasteiger partial charge in [-0.05, 0) is 31.4 Å². The maximum atomic E-state index is 10.9. The van der Waals surface area contributed by atoms with Crippen LogP contribution < -0.4 is 5.32 Å². The number of pyridine rings is 1. The van der Waals surface area contributed by atoms with Crippen LogP contribution >= 0.6 is 11.6 Å². The third-order valence-corrected chi connectivity index (χ3v) is 3.35. The molecular weight excluding hydrogens is 240 g/mol. The number of hydrogen-bond donors (Lipinski definition) is 2. The van der Waals surface area contributed by atoms with Crippen molar-refractivity contribution >= 4 is 23.3 Å². The molecule has 0 aromatic carbocycles. The molecular formula is C12H15ClN2O2. The molecule has 2 N–H and O–H groups in total. The van der Waals surface area contributed by atoms with Crippen LogP contribution in [0.3, 0.4) is 0 Å². The van der Waals surface area contributed by atoms with E-state index in [1.54, 1.807) is 12.3 Å². The van der Waals surface area contributed by atoms with Gasteiger partial charge in [-0.15, -0.1) is 0 Å². The Morgan fingerprint density at radius 1 is 1.47 bits per heavy atom. The fourth-order valence-electron chi connectivity index (χ4n) is 2.24. The van der Waals surface area contributed by atoms with Crippen LogP contribution in [-0.4, -0.2) is 22.1 Å². The lowest BCUT2D eigenvalue weighted by atomic mass is 9.86. The van der Waals surface area contributed by atoms with Crippen molar-refractivity contribution in [1.29, 1.82) is 0 Å². The lowest BCUT2D eigenvalue weighted by Crippen LogP contribution is -2.30. The monoisotopic (exact) mass is 254 g/mol. The number of hydrogen-bond acceptors (Lipinski definition) is 3. The molecule has 0 aliphatic heterocycles. The highest BCUT2D eigenvalue weighted by atomic mass is 35.5. The van der Waals surface area contributed by atoms with Crippen LogP contribution in [0.25, 0.3) is 0 Å². The standard InChI is InChI=1S/C12H15ClN2O2/c13-11-5-4-10(7-14-11)15-9-3-1-2-8(6-9)12(16)17/h4-5,7-9,15H,1-3,6H2,(H,16,17). The molecule has 4 nitrogen and oxygen atoms in total. The predicted octanol–water partition coefficient (Wildman–Crippen LogP) is 2.79. The molecule has 1 fully saturated rings. The van der Waals surface area contributed by atoms with Gasteiger partial charge in [0.25, 0.3) is 0 Å². The van der Waals surface area contributed by atoms with Crippen molar-refractivity contribution in [3.63, 3.8) is 0 Å². The number of aliphatic carboxylic acids is 1. The first-order chi connectivity index (χ1) is 8.15. The maximum Gasteiger partial charge on any atom is 0.306 e. The molecule has 0 radical (unpaired) electrons. The van der Waals surface area contributed by atoms with Crippen LogP contribution in [0.1, 0.15) is 25.7 Å². The quantitative estimate of drug-likeness (QED) is 0.815. The second-order valence-corrected chi connectivity index (χ2v) is 4.80. The van der Waals surface area contributed by atoms with Gasteiger partial charge in [0.15, 0.2) is 0 Å². The van der Waals surface area contributed by atoms with Gasteiger partial charge in [-0.2, -0.15) is 0 Å². The first kappa shape index (κ1) is 12.2. The lowest BCUT2D eigenvalue weighted by Gasteiger charge is -2.28. The SMILES string of the molecule is O=C(O)C1CCCC(Nc2ccc(Cl)nc2)C1. The van der Waals surface area contributed by atoms with Crippen molar-refractivity contribution in [2.24, 2.45) is 5.92 Å². The van der Waals surface area contributed by atoms with Gasteiger partial charge < -0.3 is 10.4 Å². The zero-order valence-electron chi connectivity index (χ0n) is 9.40. The number of carboxylic acids is 1. The fourth-order valence-corrected chi connectivity index (χ4v) is 2.35. The molecule has 2 unspecified atom stereocenters. The smallest absolute Gasteiger partial charge is 0.306 e. The van der Waals surface area contributed by atoms with Gasteiger partial charge in [0.05, 0.1) is 17.8 Å². The van der Waals surface area contributed by atoms with Gasteiger partial charge in [-0.3, -0.25) is 4.79 Å². The van der Waals surface area contributed by atoms with E-state index in [-0.39, 0.29) is 12.0 Å². The molecule has 1 saturated carbocycles. The van der Waals surface area contributed by atoms with Crippen molar-refractivity contribution in [3.8, 4) is 0 Å².